The van der Waals surface area contributed by atoms with Gasteiger partial charge in [0.2, 0.25) is 5.91 Å². The first-order valence-corrected chi connectivity index (χ1v) is 7.13. The molecule has 5 nitrogen and oxygen atoms in total. The van der Waals surface area contributed by atoms with E-state index in [0.29, 0.717) is 11.9 Å². The highest BCUT2D eigenvalue weighted by atomic mass is 35.5. The Morgan fingerprint density at radius 2 is 2.35 bits per heavy atom. The molecule has 6 heteroatoms. The Hall–Kier alpha value is -1.75. The second-order valence-corrected chi connectivity index (χ2v) is 5.21. The van der Waals surface area contributed by atoms with E-state index >= 15 is 0 Å². The van der Waals surface area contributed by atoms with Gasteiger partial charge in [-0.1, -0.05) is 0 Å². The molecule has 1 N–H and O–H groups in total. The predicted molar refractivity (Wildman–Crippen MR) is 77.0 cm³/mol. The van der Waals surface area contributed by atoms with Gasteiger partial charge in [-0.2, -0.15) is 0 Å². The number of halogens is 1. The topological polar surface area (TPSA) is 56.2 Å². The first kappa shape index (κ1) is 13.2. The van der Waals surface area contributed by atoms with Gasteiger partial charge >= 0.3 is 0 Å². The van der Waals surface area contributed by atoms with Crippen LogP contribution >= 0.6 is 11.6 Å². The SMILES string of the molecule is COc1ccc2nc(CCl)n(CC(=O)NC3CC3)c2c1. The minimum absolute atomic E-state index is 0.000913. The molecular weight excluding hydrogens is 278 g/mol. The van der Waals surface area contributed by atoms with Crippen molar-refractivity contribution < 1.29 is 9.53 Å². The predicted octanol–water partition coefficient (Wildman–Crippen LogP) is 2.06. The highest BCUT2D eigenvalue weighted by Crippen LogP contribution is 2.23. The van der Waals surface area contributed by atoms with Gasteiger partial charge in [0.1, 0.15) is 18.1 Å². The van der Waals surface area contributed by atoms with Crippen molar-refractivity contribution in [3.8, 4) is 5.75 Å². The van der Waals surface area contributed by atoms with Crippen molar-refractivity contribution in [2.45, 2.75) is 31.3 Å². The van der Waals surface area contributed by atoms with Crippen LogP contribution in [0.4, 0.5) is 0 Å². The normalized spacial score (nSPS) is 14.5. The van der Waals surface area contributed by atoms with Crippen molar-refractivity contribution in [3.63, 3.8) is 0 Å². The van der Waals surface area contributed by atoms with Crippen molar-refractivity contribution in [2.24, 2.45) is 0 Å². The number of aromatic nitrogens is 2. The van der Waals surface area contributed by atoms with Gasteiger partial charge in [0.25, 0.3) is 0 Å². The summed E-state index contributed by atoms with van der Waals surface area (Å²) in [5.41, 5.74) is 1.69. The highest BCUT2D eigenvalue weighted by molar-refractivity contribution is 6.16. The Bertz CT molecular complexity index is 649. The fourth-order valence-electron chi connectivity index (χ4n) is 2.20. The number of carbonyl (C=O) groups excluding carboxylic acids is 1. The molecule has 0 radical (unpaired) electrons. The van der Waals surface area contributed by atoms with Gasteiger partial charge in [-0.15, -0.1) is 11.6 Å². The second-order valence-electron chi connectivity index (χ2n) is 4.94. The second kappa shape index (κ2) is 5.32. The van der Waals surface area contributed by atoms with Crippen LogP contribution in [0, 0.1) is 0 Å². The van der Waals surface area contributed by atoms with E-state index < -0.39 is 0 Å². The van der Waals surface area contributed by atoms with Crippen molar-refractivity contribution in [1.82, 2.24) is 14.9 Å². The molecule has 0 atom stereocenters. The van der Waals surface area contributed by atoms with Gasteiger partial charge in [0.15, 0.2) is 0 Å². The maximum absolute atomic E-state index is 12.0. The fourth-order valence-corrected chi connectivity index (χ4v) is 2.41. The van der Waals surface area contributed by atoms with Crippen LogP contribution in [0.25, 0.3) is 11.0 Å². The van der Waals surface area contributed by atoms with E-state index in [2.05, 4.69) is 10.3 Å². The molecule has 1 aromatic carbocycles. The Morgan fingerprint density at radius 1 is 1.55 bits per heavy atom. The van der Waals surface area contributed by atoms with Crippen LogP contribution in [0.15, 0.2) is 18.2 Å². The molecule has 0 unspecified atom stereocenters. The number of hydrogen-bond donors (Lipinski definition) is 1. The number of benzene rings is 1. The lowest BCUT2D eigenvalue weighted by molar-refractivity contribution is -0.121. The molecule has 1 aliphatic carbocycles. The summed E-state index contributed by atoms with van der Waals surface area (Å²) in [6, 6.07) is 5.95. The number of rotatable bonds is 5. The van der Waals surface area contributed by atoms with E-state index in [1.165, 1.54) is 0 Å². The third kappa shape index (κ3) is 2.58. The van der Waals surface area contributed by atoms with E-state index in [4.69, 9.17) is 16.3 Å². The summed E-state index contributed by atoms with van der Waals surface area (Å²) >= 11 is 5.93. The summed E-state index contributed by atoms with van der Waals surface area (Å²) in [6.45, 7) is 0.238. The van der Waals surface area contributed by atoms with Crippen molar-refractivity contribution >= 4 is 28.5 Å². The Morgan fingerprint density at radius 3 is 3.00 bits per heavy atom. The molecule has 1 saturated carbocycles. The summed E-state index contributed by atoms with van der Waals surface area (Å²) in [6.07, 6.45) is 2.15. The smallest absolute Gasteiger partial charge is 0.240 e. The van der Waals surface area contributed by atoms with Gasteiger partial charge in [-0.3, -0.25) is 4.79 Å². The van der Waals surface area contributed by atoms with Gasteiger partial charge in [-0.05, 0) is 25.0 Å². The number of amides is 1. The van der Waals surface area contributed by atoms with E-state index in [0.717, 1.165) is 29.6 Å². The molecule has 1 heterocycles. The molecule has 0 aliphatic heterocycles. The van der Waals surface area contributed by atoms with Crippen LogP contribution < -0.4 is 10.1 Å². The summed E-state index contributed by atoms with van der Waals surface area (Å²) in [4.78, 5) is 16.4. The largest absolute Gasteiger partial charge is 0.497 e. The minimum Gasteiger partial charge on any atom is -0.497 e. The summed E-state index contributed by atoms with van der Waals surface area (Å²) in [7, 11) is 1.62. The van der Waals surface area contributed by atoms with E-state index in [1.54, 1.807) is 7.11 Å². The quantitative estimate of drug-likeness (QED) is 0.859. The Labute approximate surface area is 121 Å². The van der Waals surface area contributed by atoms with E-state index in [1.807, 2.05) is 22.8 Å². The van der Waals surface area contributed by atoms with Crippen molar-refractivity contribution in [3.05, 3.63) is 24.0 Å². The van der Waals surface area contributed by atoms with Gasteiger partial charge in [0, 0.05) is 12.1 Å². The van der Waals surface area contributed by atoms with Crippen LogP contribution in [-0.4, -0.2) is 28.6 Å². The maximum Gasteiger partial charge on any atom is 0.240 e. The van der Waals surface area contributed by atoms with Crippen LogP contribution in [-0.2, 0) is 17.2 Å². The average molecular weight is 294 g/mol. The van der Waals surface area contributed by atoms with Crippen molar-refractivity contribution in [1.29, 1.82) is 0 Å². The molecule has 1 aliphatic rings. The van der Waals surface area contributed by atoms with E-state index in [-0.39, 0.29) is 18.3 Å². The molecule has 1 fully saturated rings. The number of fused-ring (bicyclic) bond motifs is 1. The number of nitrogens with zero attached hydrogens (tertiary/aromatic N) is 2. The van der Waals surface area contributed by atoms with Crippen LogP contribution in [0.2, 0.25) is 0 Å². The first-order chi connectivity index (χ1) is 9.71. The lowest BCUT2D eigenvalue weighted by Gasteiger charge is -2.08. The van der Waals surface area contributed by atoms with Crippen LogP contribution in [0.1, 0.15) is 18.7 Å². The summed E-state index contributed by atoms with van der Waals surface area (Å²) < 4.78 is 7.07. The number of alkyl halides is 1. The zero-order valence-corrected chi connectivity index (χ0v) is 12.0. The van der Waals surface area contributed by atoms with Gasteiger partial charge in [0.05, 0.1) is 24.0 Å². The maximum atomic E-state index is 12.0. The van der Waals surface area contributed by atoms with E-state index in [9.17, 15) is 4.79 Å². The van der Waals surface area contributed by atoms with Crippen molar-refractivity contribution in [2.75, 3.05) is 7.11 Å². The molecule has 0 spiro atoms. The summed E-state index contributed by atoms with van der Waals surface area (Å²) in [5, 5.41) is 2.97. The molecule has 2 aromatic rings. The third-order valence-electron chi connectivity index (χ3n) is 3.40. The zero-order valence-electron chi connectivity index (χ0n) is 11.2. The summed E-state index contributed by atoms with van der Waals surface area (Å²) in [5.74, 6) is 1.71. The number of imidazole rings is 1. The van der Waals surface area contributed by atoms with Gasteiger partial charge < -0.3 is 14.6 Å². The molecular formula is C14H16ClN3O2. The highest BCUT2D eigenvalue weighted by Gasteiger charge is 2.24. The number of hydrogen-bond acceptors (Lipinski definition) is 3. The Balaban J connectivity index is 1.94. The lowest BCUT2D eigenvalue weighted by atomic mass is 10.3. The number of methoxy groups -OCH3 is 1. The number of ether oxygens (including phenoxy) is 1. The molecule has 106 valence electrons. The molecule has 0 saturated heterocycles. The fraction of sp³-hybridized carbons (Fsp3) is 0.429. The molecule has 0 bridgehead atoms. The first-order valence-electron chi connectivity index (χ1n) is 6.59. The van der Waals surface area contributed by atoms with Crippen LogP contribution in [0.3, 0.4) is 0 Å². The zero-order chi connectivity index (χ0) is 14.1. The average Bonchev–Trinajstić information content (AvgIpc) is 3.20. The Kier molecular flexibility index (Phi) is 3.53. The molecule has 1 amide bonds. The molecule has 20 heavy (non-hydrogen) atoms. The minimum atomic E-state index is 0.000913. The lowest BCUT2D eigenvalue weighted by Crippen LogP contribution is -2.29. The number of nitrogens with one attached hydrogen (secondary N) is 1. The third-order valence-corrected chi connectivity index (χ3v) is 3.64. The monoisotopic (exact) mass is 293 g/mol. The number of carbonyl (C=O) groups is 1. The molecule has 1 aromatic heterocycles. The van der Waals surface area contributed by atoms with Gasteiger partial charge in [-0.25, -0.2) is 4.98 Å². The standard InChI is InChI=1S/C14H16ClN3O2/c1-20-10-4-5-11-12(6-10)18(13(7-15)17-11)8-14(19)16-9-2-3-9/h4-6,9H,2-3,7-8H2,1H3,(H,16,19). The molecule has 3 rings (SSSR count). The van der Waals surface area contributed by atoms with Crippen LogP contribution in [0.5, 0.6) is 5.75 Å².